The standard InChI is InChI=1S/C28H18F3N3O6/c29-28(30,31)40-18-13-11-17(12-14-18)34-23-10-2-1-7-21(23)24(26(34)36)33-32-22-9-4-8-20(25(22)35)16-5-3-6-19(15-16)39-27(37)38/h1-15,35-36H,(H,37,38). The Bertz CT molecular complexity index is 1750. The summed E-state index contributed by atoms with van der Waals surface area (Å²) in [7, 11) is 0. The molecule has 1 aromatic heterocycles. The largest absolute Gasteiger partial charge is 0.573 e. The van der Waals surface area contributed by atoms with Gasteiger partial charge in [0, 0.05) is 16.6 Å². The van der Waals surface area contributed by atoms with E-state index in [1.165, 1.54) is 34.9 Å². The maximum absolute atomic E-state index is 12.5. The van der Waals surface area contributed by atoms with E-state index in [4.69, 9.17) is 5.11 Å². The lowest BCUT2D eigenvalue weighted by atomic mass is 10.0. The van der Waals surface area contributed by atoms with Crippen molar-refractivity contribution >= 4 is 28.4 Å². The number of aromatic nitrogens is 1. The summed E-state index contributed by atoms with van der Waals surface area (Å²) in [5.41, 5.74) is 1.77. The Morgan fingerprint density at radius 2 is 1.55 bits per heavy atom. The topological polar surface area (TPSA) is 126 Å². The predicted molar refractivity (Wildman–Crippen MR) is 138 cm³/mol. The summed E-state index contributed by atoms with van der Waals surface area (Å²) >= 11 is 0. The molecule has 5 aromatic rings. The van der Waals surface area contributed by atoms with Gasteiger partial charge in [-0.15, -0.1) is 23.4 Å². The number of carbonyl (C=O) groups is 1. The second kappa shape index (κ2) is 10.3. The van der Waals surface area contributed by atoms with Gasteiger partial charge in [0.1, 0.15) is 17.2 Å². The van der Waals surface area contributed by atoms with Crippen molar-refractivity contribution < 1.29 is 42.8 Å². The first kappa shape index (κ1) is 26.1. The smallest absolute Gasteiger partial charge is 0.505 e. The van der Waals surface area contributed by atoms with Crippen LogP contribution in [0.5, 0.6) is 23.1 Å². The molecular formula is C28H18F3N3O6. The van der Waals surface area contributed by atoms with Crippen LogP contribution in [-0.4, -0.2) is 32.4 Å². The van der Waals surface area contributed by atoms with Crippen LogP contribution in [0.1, 0.15) is 0 Å². The number of carboxylic acid groups (broad SMARTS) is 1. The lowest BCUT2D eigenvalue weighted by Gasteiger charge is -2.11. The first-order chi connectivity index (χ1) is 19.1. The molecule has 40 heavy (non-hydrogen) atoms. The first-order valence-electron chi connectivity index (χ1n) is 11.5. The van der Waals surface area contributed by atoms with Crippen molar-refractivity contribution in [3.05, 3.63) is 91.0 Å². The molecule has 1 heterocycles. The molecule has 0 fully saturated rings. The van der Waals surface area contributed by atoms with Crippen LogP contribution in [-0.2, 0) is 0 Å². The number of halogens is 3. The Morgan fingerprint density at radius 1 is 0.825 bits per heavy atom. The number of hydrogen-bond donors (Lipinski definition) is 3. The highest BCUT2D eigenvalue weighted by Crippen LogP contribution is 2.43. The van der Waals surface area contributed by atoms with E-state index in [2.05, 4.69) is 19.7 Å². The fraction of sp³-hybridized carbons (Fsp3) is 0.0357. The van der Waals surface area contributed by atoms with Crippen LogP contribution in [0.4, 0.5) is 29.3 Å². The minimum absolute atomic E-state index is 0.0620. The van der Waals surface area contributed by atoms with Crippen molar-refractivity contribution in [1.82, 2.24) is 4.57 Å². The van der Waals surface area contributed by atoms with Gasteiger partial charge in [-0.1, -0.05) is 42.5 Å². The lowest BCUT2D eigenvalue weighted by molar-refractivity contribution is -0.274. The van der Waals surface area contributed by atoms with Gasteiger partial charge in [-0.2, -0.15) is 0 Å². The number of nitrogens with zero attached hydrogens (tertiary/aromatic N) is 3. The second-order valence-electron chi connectivity index (χ2n) is 8.34. The molecule has 0 spiro atoms. The zero-order chi connectivity index (χ0) is 28.4. The quantitative estimate of drug-likeness (QED) is 0.112. The molecule has 0 saturated heterocycles. The van der Waals surface area contributed by atoms with E-state index in [0.29, 0.717) is 27.7 Å². The average molecular weight is 549 g/mol. The molecule has 5 rings (SSSR count). The molecule has 9 nitrogen and oxygen atoms in total. The summed E-state index contributed by atoms with van der Waals surface area (Å²) < 4.78 is 47.6. The SMILES string of the molecule is O=C(O)Oc1cccc(-c2cccc(N=Nc3c(O)n(-c4ccc(OC(F)(F)F)cc4)c4ccccc34)c2O)c1. The Morgan fingerprint density at radius 3 is 2.27 bits per heavy atom. The summed E-state index contributed by atoms with van der Waals surface area (Å²) in [6.07, 6.45) is -6.32. The van der Waals surface area contributed by atoms with Crippen LogP contribution in [0.2, 0.25) is 0 Å². The van der Waals surface area contributed by atoms with Crippen molar-refractivity contribution in [1.29, 1.82) is 0 Å². The van der Waals surface area contributed by atoms with E-state index in [0.717, 1.165) is 12.1 Å². The monoisotopic (exact) mass is 549 g/mol. The minimum Gasteiger partial charge on any atom is -0.505 e. The highest BCUT2D eigenvalue weighted by Gasteiger charge is 2.31. The van der Waals surface area contributed by atoms with E-state index in [1.807, 2.05) is 0 Å². The third-order valence-corrected chi connectivity index (χ3v) is 5.77. The van der Waals surface area contributed by atoms with Gasteiger partial charge in [0.15, 0.2) is 11.4 Å². The minimum atomic E-state index is -4.84. The fourth-order valence-electron chi connectivity index (χ4n) is 4.14. The molecule has 0 saturated carbocycles. The number of rotatable bonds is 6. The summed E-state index contributed by atoms with van der Waals surface area (Å²) in [4.78, 5) is 10.9. The van der Waals surface area contributed by atoms with Gasteiger partial charge in [0.25, 0.3) is 0 Å². The van der Waals surface area contributed by atoms with Gasteiger partial charge < -0.3 is 24.8 Å². The van der Waals surface area contributed by atoms with Gasteiger partial charge >= 0.3 is 12.5 Å². The van der Waals surface area contributed by atoms with Gasteiger partial charge in [-0.25, -0.2) is 4.79 Å². The van der Waals surface area contributed by atoms with Crippen LogP contribution in [0.3, 0.4) is 0 Å². The number of phenolic OH excluding ortho intramolecular Hbond substituents is 1. The molecule has 0 bridgehead atoms. The number of phenols is 1. The van der Waals surface area contributed by atoms with Crippen LogP contribution < -0.4 is 9.47 Å². The van der Waals surface area contributed by atoms with Crippen LogP contribution in [0.25, 0.3) is 27.7 Å². The maximum Gasteiger partial charge on any atom is 0.573 e. The zero-order valence-corrected chi connectivity index (χ0v) is 20.2. The number of aromatic hydroxyl groups is 2. The summed E-state index contributed by atoms with van der Waals surface area (Å²) in [6.45, 7) is 0. The van der Waals surface area contributed by atoms with E-state index >= 15 is 0 Å². The van der Waals surface area contributed by atoms with Crippen molar-refractivity contribution in [3.63, 3.8) is 0 Å². The fourth-order valence-corrected chi connectivity index (χ4v) is 4.14. The van der Waals surface area contributed by atoms with Crippen LogP contribution >= 0.6 is 0 Å². The number of benzene rings is 4. The molecule has 0 radical (unpaired) electrons. The number of para-hydroxylation sites is 2. The van der Waals surface area contributed by atoms with E-state index in [1.54, 1.807) is 48.5 Å². The molecule has 0 amide bonds. The average Bonchev–Trinajstić information content (AvgIpc) is 3.18. The van der Waals surface area contributed by atoms with Gasteiger partial charge in [-0.05, 0) is 54.1 Å². The molecule has 4 aromatic carbocycles. The van der Waals surface area contributed by atoms with Crippen LogP contribution in [0, 0.1) is 0 Å². The van der Waals surface area contributed by atoms with Gasteiger partial charge in [0.05, 0.1) is 5.52 Å². The molecule has 0 unspecified atom stereocenters. The summed E-state index contributed by atoms with van der Waals surface area (Å²) in [5.74, 6) is -0.930. The molecule has 12 heteroatoms. The molecular weight excluding hydrogens is 531 g/mol. The Hall–Kier alpha value is -5.52. The summed E-state index contributed by atoms with van der Waals surface area (Å²) in [5, 5.41) is 39.7. The van der Waals surface area contributed by atoms with Crippen LogP contribution in [0.15, 0.2) is 101 Å². The number of hydrogen-bond acceptors (Lipinski definition) is 7. The Labute approximate surface area is 223 Å². The molecule has 202 valence electrons. The maximum atomic E-state index is 12.5. The highest BCUT2D eigenvalue weighted by molar-refractivity contribution is 5.96. The van der Waals surface area contributed by atoms with Crippen molar-refractivity contribution in [2.24, 2.45) is 10.2 Å². The number of azo groups is 1. The molecule has 0 atom stereocenters. The van der Waals surface area contributed by atoms with Gasteiger partial charge in [0.2, 0.25) is 5.88 Å². The first-order valence-corrected chi connectivity index (χ1v) is 11.5. The molecule has 3 N–H and O–H groups in total. The lowest BCUT2D eigenvalue weighted by Crippen LogP contribution is -2.17. The van der Waals surface area contributed by atoms with Crippen molar-refractivity contribution in [2.45, 2.75) is 6.36 Å². The zero-order valence-electron chi connectivity index (χ0n) is 20.2. The third kappa shape index (κ3) is 5.36. The van der Waals surface area contributed by atoms with E-state index in [9.17, 15) is 28.2 Å². The number of alkyl halides is 3. The van der Waals surface area contributed by atoms with Crippen molar-refractivity contribution in [3.8, 4) is 39.9 Å². The number of ether oxygens (including phenoxy) is 2. The third-order valence-electron chi connectivity index (χ3n) is 5.77. The van der Waals surface area contributed by atoms with E-state index < -0.39 is 18.3 Å². The molecule has 0 aliphatic heterocycles. The van der Waals surface area contributed by atoms with E-state index in [-0.39, 0.29) is 28.8 Å². The number of fused-ring (bicyclic) bond motifs is 1. The predicted octanol–water partition coefficient (Wildman–Crippen LogP) is 8.08. The Balaban J connectivity index is 1.52. The van der Waals surface area contributed by atoms with Crippen molar-refractivity contribution in [2.75, 3.05) is 0 Å². The molecule has 0 aliphatic carbocycles. The summed E-state index contributed by atoms with van der Waals surface area (Å²) in [6, 6.07) is 22.6. The second-order valence-corrected chi connectivity index (χ2v) is 8.34. The van der Waals surface area contributed by atoms with Gasteiger partial charge in [-0.3, -0.25) is 4.57 Å². The molecule has 0 aliphatic rings. The highest BCUT2D eigenvalue weighted by atomic mass is 19.4. The Kier molecular flexibility index (Phi) is 6.74. The normalized spacial score (nSPS) is 11.7.